The van der Waals surface area contributed by atoms with Gasteiger partial charge in [0.1, 0.15) is 12.0 Å². The van der Waals surface area contributed by atoms with Crippen molar-refractivity contribution in [3.05, 3.63) is 90.1 Å². The van der Waals surface area contributed by atoms with E-state index in [1.165, 1.54) is 0 Å². The van der Waals surface area contributed by atoms with Crippen molar-refractivity contribution >= 4 is 34.1 Å². The van der Waals surface area contributed by atoms with E-state index >= 15 is 0 Å². The summed E-state index contributed by atoms with van der Waals surface area (Å²) in [5, 5.41) is 8.35. The Morgan fingerprint density at radius 3 is 2.56 bits per heavy atom. The molecule has 0 spiro atoms. The summed E-state index contributed by atoms with van der Waals surface area (Å²) in [5.41, 5.74) is 2.45. The molecule has 5 rings (SSSR count). The van der Waals surface area contributed by atoms with Gasteiger partial charge in [-0.15, -0.1) is 0 Å². The minimum atomic E-state index is -0.173. The van der Waals surface area contributed by atoms with Gasteiger partial charge in [-0.05, 0) is 66.6 Å². The van der Waals surface area contributed by atoms with Gasteiger partial charge in [0, 0.05) is 37.0 Å². The summed E-state index contributed by atoms with van der Waals surface area (Å²) in [6.45, 7) is 2.08. The molecule has 184 valence electrons. The Balaban J connectivity index is 1.17. The van der Waals surface area contributed by atoms with Crippen molar-refractivity contribution in [2.75, 3.05) is 32.0 Å². The topological polar surface area (TPSA) is 77.0 Å². The van der Waals surface area contributed by atoms with Crippen LogP contribution in [0.4, 0.5) is 5.69 Å². The van der Waals surface area contributed by atoms with Crippen molar-refractivity contribution in [2.24, 2.45) is 4.99 Å². The molecule has 1 unspecified atom stereocenters. The fourth-order valence-corrected chi connectivity index (χ4v) is 4.62. The summed E-state index contributed by atoms with van der Waals surface area (Å²) in [4.78, 5) is 33.9. The van der Waals surface area contributed by atoms with Crippen LogP contribution in [0.15, 0.2) is 84.0 Å². The minimum Gasteiger partial charge on any atom is -0.350 e. The number of carbonyl (C=O) groups is 2. The third-order valence-corrected chi connectivity index (χ3v) is 6.70. The molecule has 1 saturated heterocycles. The predicted molar refractivity (Wildman–Crippen MR) is 144 cm³/mol. The Bertz CT molecular complexity index is 1310. The highest BCUT2D eigenvalue weighted by molar-refractivity contribution is 6.06. The molecule has 2 aliphatic rings. The van der Waals surface area contributed by atoms with Crippen LogP contribution in [0, 0.1) is 0 Å². The van der Waals surface area contributed by atoms with Crippen molar-refractivity contribution in [3.63, 3.8) is 0 Å². The van der Waals surface area contributed by atoms with Crippen molar-refractivity contribution in [1.82, 2.24) is 15.1 Å². The van der Waals surface area contributed by atoms with Crippen molar-refractivity contribution < 1.29 is 9.59 Å². The van der Waals surface area contributed by atoms with Crippen LogP contribution >= 0.6 is 0 Å². The zero-order chi connectivity index (χ0) is 24.9. The number of fused-ring (bicyclic) bond motifs is 1. The number of aliphatic imine (C=N–C) groups is 1. The molecule has 2 amide bonds. The molecule has 2 aliphatic heterocycles. The highest BCUT2D eigenvalue weighted by Crippen LogP contribution is 2.18. The number of benzene rings is 3. The van der Waals surface area contributed by atoms with Crippen LogP contribution in [0.25, 0.3) is 10.8 Å². The van der Waals surface area contributed by atoms with E-state index in [4.69, 9.17) is 4.99 Å². The number of likely N-dealkylation sites (tertiary alicyclic amines) is 1. The van der Waals surface area contributed by atoms with Crippen molar-refractivity contribution in [3.8, 4) is 0 Å². The summed E-state index contributed by atoms with van der Waals surface area (Å²) < 4.78 is 0. The summed E-state index contributed by atoms with van der Waals surface area (Å²) in [7, 11) is 1.93. The summed E-state index contributed by atoms with van der Waals surface area (Å²) in [6, 6.07) is 21.5. The Morgan fingerprint density at radius 2 is 1.78 bits per heavy atom. The second kappa shape index (κ2) is 10.7. The molecule has 36 heavy (non-hydrogen) atoms. The molecular formula is C29H31N5O2. The lowest BCUT2D eigenvalue weighted by atomic mass is 10.1. The Morgan fingerprint density at radius 1 is 1.03 bits per heavy atom. The fourth-order valence-electron chi connectivity index (χ4n) is 4.62. The van der Waals surface area contributed by atoms with Crippen LogP contribution in [-0.4, -0.2) is 60.3 Å². The maximum absolute atomic E-state index is 12.7. The number of hydrogen-bond donors (Lipinski definition) is 2. The highest BCUT2D eigenvalue weighted by Gasteiger charge is 2.22. The lowest BCUT2D eigenvalue weighted by molar-refractivity contribution is -0.131. The van der Waals surface area contributed by atoms with Gasteiger partial charge in [0.05, 0.1) is 6.54 Å². The zero-order valence-corrected chi connectivity index (χ0v) is 20.5. The average molecular weight is 482 g/mol. The molecular weight excluding hydrogens is 450 g/mol. The fraction of sp³-hybridized carbons (Fsp3) is 0.276. The molecule has 0 bridgehead atoms. The van der Waals surface area contributed by atoms with Gasteiger partial charge in [-0.3, -0.25) is 14.5 Å². The molecule has 1 fully saturated rings. The number of carbonyl (C=O) groups excluding carboxylic acids is 2. The third-order valence-electron chi connectivity index (χ3n) is 6.70. The van der Waals surface area contributed by atoms with Gasteiger partial charge >= 0.3 is 0 Å². The summed E-state index contributed by atoms with van der Waals surface area (Å²) in [5.74, 6) is 0.877. The third kappa shape index (κ3) is 5.63. The first-order valence-electron chi connectivity index (χ1n) is 12.4. The number of nitrogens with one attached hydrogen (secondary N) is 2. The summed E-state index contributed by atoms with van der Waals surface area (Å²) >= 11 is 0. The maximum atomic E-state index is 12.7. The van der Waals surface area contributed by atoms with E-state index in [9.17, 15) is 9.59 Å². The smallest absolute Gasteiger partial charge is 0.255 e. The number of amidine groups is 1. The first-order chi connectivity index (χ1) is 17.5. The highest BCUT2D eigenvalue weighted by atomic mass is 16.2. The maximum Gasteiger partial charge on any atom is 0.255 e. The van der Waals surface area contributed by atoms with E-state index in [-0.39, 0.29) is 18.0 Å². The molecule has 0 aliphatic carbocycles. The zero-order valence-electron chi connectivity index (χ0n) is 20.5. The largest absolute Gasteiger partial charge is 0.350 e. The lowest BCUT2D eigenvalue weighted by Crippen LogP contribution is -2.42. The molecule has 3 aromatic carbocycles. The number of amides is 2. The van der Waals surface area contributed by atoms with E-state index < -0.39 is 0 Å². The van der Waals surface area contributed by atoms with Gasteiger partial charge in [0.2, 0.25) is 5.91 Å². The molecule has 0 radical (unpaired) electrons. The van der Waals surface area contributed by atoms with Crippen LogP contribution in [0.1, 0.15) is 28.8 Å². The van der Waals surface area contributed by atoms with Crippen LogP contribution in [0.5, 0.6) is 0 Å². The number of hydrogen-bond acceptors (Lipinski definition) is 5. The molecule has 1 atom stereocenters. The summed E-state index contributed by atoms with van der Waals surface area (Å²) in [6.07, 6.45) is 6.50. The van der Waals surface area contributed by atoms with Gasteiger partial charge in [-0.2, -0.15) is 0 Å². The molecule has 7 heteroatoms. The SMILES string of the molecule is CN(CC(=O)N1CCCC1)C1C=CNC(Cc2ccc(NC(=O)c3ccc4ccccc4c3)cc2)=N1. The van der Waals surface area contributed by atoms with E-state index in [1.54, 1.807) is 0 Å². The standard InChI is InChI=1S/C29H31N5O2/c1-33(20-28(35)34-16-4-5-17-34)27-14-15-30-26(32-27)18-21-8-12-25(13-9-21)31-29(36)24-11-10-22-6-2-3-7-23(22)19-24/h2-3,6-15,19,27H,4-5,16-18,20H2,1H3,(H,30,32)(H,31,36). The second-order valence-corrected chi connectivity index (χ2v) is 9.39. The first-order valence-corrected chi connectivity index (χ1v) is 12.4. The lowest BCUT2D eigenvalue weighted by Gasteiger charge is -2.27. The quantitative estimate of drug-likeness (QED) is 0.534. The monoisotopic (exact) mass is 481 g/mol. The van der Waals surface area contributed by atoms with Gasteiger partial charge in [-0.1, -0.05) is 42.5 Å². The van der Waals surface area contributed by atoms with Gasteiger partial charge in [0.15, 0.2) is 0 Å². The molecule has 0 aromatic heterocycles. The number of anilines is 1. The molecule has 0 saturated carbocycles. The number of rotatable bonds is 7. The van der Waals surface area contributed by atoms with Crippen LogP contribution < -0.4 is 10.6 Å². The van der Waals surface area contributed by atoms with Crippen LogP contribution in [0.2, 0.25) is 0 Å². The average Bonchev–Trinajstić information content (AvgIpc) is 3.45. The van der Waals surface area contributed by atoms with Gasteiger partial charge in [0.25, 0.3) is 5.91 Å². The molecule has 2 heterocycles. The molecule has 3 aromatic rings. The number of likely N-dealkylation sites (N-methyl/N-ethyl adjacent to an activating group) is 1. The molecule has 2 N–H and O–H groups in total. The van der Waals surface area contributed by atoms with Crippen LogP contribution in [-0.2, 0) is 11.2 Å². The van der Waals surface area contributed by atoms with E-state index in [0.29, 0.717) is 18.5 Å². The van der Waals surface area contributed by atoms with E-state index in [1.807, 2.05) is 95.9 Å². The van der Waals surface area contributed by atoms with Crippen LogP contribution in [0.3, 0.4) is 0 Å². The van der Waals surface area contributed by atoms with Gasteiger partial charge < -0.3 is 15.5 Å². The Hall–Kier alpha value is -3.97. The van der Waals surface area contributed by atoms with E-state index in [2.05, 4.69) is 10.6 Å². The van der Waals surface area contributed by atoms with Crippen molar-refractivity contribution in [2.45, 2.75) is 25.4 Å². The molecule has 7 nitrogen and oxygen atoms in total. The number of nitrogens with zero attached hydrogens (tertiary/aromatic N) is 3. The normalized spacial score (nSPS) is 17.2. The second-order valence-electron chi connectivity index (χ2n) is 9.39. The first kappa shape index (κ1) is 23.8. The Labute approximate surface area is 211 Å². The van der Waals surface area contributed by atoms with Crippen molar-refractivity contribution in [1.29, 1.82) is 0 Å². The Kier molecular flexibility index (Phi) is 7.09. The van der Waals surface area contributed by atoms with Gasteiger partial charge in [-0.25, -0.2) is 4.99 Å². The van der Waals surface area contributed by atoms with E-state index in [0.717, 1.165) is 53.8 Å². The predicted octanol–water partition coefficient (Wildman–Crippen LogP) is 4.03. The minimum absolute atomic E-state index is 0.133.